The fraction of sp³-hybridized carbons (Fsp3) is 0.500. The number of carbonyl (C=O) groups excluding carboxylic acids is 1. The van der Waals surface area contributed by atoms with E-state index in [2.05, 4.69) is 0 Å². The topological polar surface area (TPSA) is 54.4 Å². The molecule has 3 nitrogen and oxygen atoms in total. The van der Waals surface area contributed by atoms with Crippen molar-refractivity contribution in [3.05, 3.63) is 34.9 Å². The molecule has 0 aromatic heterocycles. The van der Waals surface area contributed by atoms with E-state index in [0.29, 0.717) is 12.8 Å². The molecular formula is C16H20O3. The van der Waals surface area contributed by atoms with Gasteiger partial charge in [-0.3, -0.25) is 9.59 Å². The van der Waals surface area contributed by atoms with E-state index >= 15 is 0 Å². The average molecular weight is 260 g/mol. The van der Waals surface area contributed by atoms with Gasteiger partial charge in [-0.1, -0.05) is 24.6 Å². The monoisotopic (exact) mass is 260 g/mol. The Hall–Kier alpha value is -1.64. The lowest BCUT2D eigenvalue weighted by Crippen LogP contribution is -2.27. The summed E-state index contributed by atoms with van der Waals surface area (Å²) in [6.45, 7) is 3.95. The summed E-state index contributed by atoms with van der Waals surface area (Å²) in [4.78, 5) is 23.6. The molecule has 0 aliphatic heterocycles. The molecule has 0 bridgehead atoms. The standard InChI is InChI=1S/C16H20O3/c1-10-5-3-8-14(11(10)2)15(17)12-6-4-7-13(9-12)16(18)19/h3,5,8,12-13H,4,6-7,9H2,1-2H3,(H,18,19). The zero-order chi connectivity index (χ0) is 14.0. The highest BCUT2D eigenvalue weighted by Gasteiger charge is 2.31. The van der Waals surface area contributed by atoms with Crippen LogP contribution in [0.1, 0.15) is 47.2 Å². The molecule has 1 aromatic rings. The number of rotatable bonds is 3. The summed E-state index contributed by atoms with van der Waals surface area (Å²) in [7, 11) is 0. The summed E-state index contributed by atoms with van der Waals surface area (Å²) >= 11 is 0. The molecule has 0 heterocycles. The maximum atomic E-state index is 12.5. The summed E-state index contributed by atoms with van der Waals surface area (Å²) in [6.07, 6.45) is 2.84. The van der Waals surface area contributed by atoms with Crippen molar-refractivity contribution in [2.24, 2.45) is 11.8 Å². The summed E-state index contributed by atoms with van der Waals surface area (Å²) in [5, 5.41) is 9.10. The fourth-order valence-electron chi connectivity index (χ4n) is 2.89. The van der Waals surface area contributed by atoms with Crippen LogP contribution in [0.25, 0.3) is 0 Å². The van der Waals surface area contributed by atoms with Crippen molar-refractivity contribution in [2.45, 2.75) is 39.5 Å². The Morgan fingerprint density at radius 2 is 1.84 bits per heavy atom. The smallest absolute Gasteiger partial charge is 0.306 e. The Balaban J connectivity index is 2.19. The largest absolute Gasteiger partial charge is 0.481 e. The minimum absolute atomic E-state index is 0.118. The van der Waals surface area contributed by atoms with E-state index < -0.39 is 5.97 Å². The molecule has 0 radical (unpaired) electrons. The van der Waals surface area contributed by atoms with Crippen LogP contribution in [0.2, 0.25) is 0 Å². The number of hydrogen-bond donors (Lipinski definition) is 1. The average Bonchev–Trinajstić information content (AvgIpc) is 2.41. The first-order valence-electron chi connectivity index (χ1n) is 6.84. The molecule has 102 valence electrons. The Morgan fingerprint density at radius 3 is 2.53 bits per heavy atom. The highest BCUT2D eigenvalue weighted by molar-refractivity contribution is 5.99. The van der Waals surface area contributed by atoms with Crippen molar-refractivity contribution in [1.82, 2.24) is 0 Å². The molecule has 1 fully saturated rings. The van der Waals surface area contributed by atoms with Crippen molar-refractivity contribution in [3.8, 4) is 0 Å². The van der Waals surface area contributed by atoms with Gasteiger partial charge in [0.2, 0.25) is 0 Å². The third-order valence-electron chi connectivity index (χ3n) is 4.26. The number of carboxylic acid groups (broad SMARTS) is 1. The maximum Gasteiger partial charge on any atom is 0.306 e. The molecule has 0 spiro atoms. The van der Waals surface area contributed by atoms with Crippen LogP contribution in [0.3, 0.4) is 0 Å². The van der Waals surface area contributed by atoms with Crippen molar-refractivity contribution < 1.29 is 14.7 Å². The molecule has 0 saturated heterocycles. The Kier molecular flexibility index (Phi) is 4.03. The van der Waals surface area contributed by atoms with Crippen LogP contribution in [0.15, 0.2) is 18.2 Å². The fourth-order valence-corrected chi connectivity index (χ4v) is 2.89. The zero-order valence-electron chi connectivity index (χ0n) is 11.5. The molecule has 2 unspecified atom stereocenters. The molecule has 1 aliphatic rings. The number of benzene rings is 1. The van der Waals surface area contributed by atoms with Crippen LogP contribution in [-0.2, 0) is 4.79 Å². The number of aliphatic carboxylic acids is 1. The van der Waals surface area contributed by atoms with Gasteiger partial charge in [0.05, 0.1) is 5.92 Å². The lowest BCUT2D eigenvalue weighted by Gasteiger charge is -2.26. The van der Waals surface area contributed by atoms with E-state index in [9.17, 15) is 9.59 Å². The molecule has 1 saturated carbocycles. The van der Waals surface area contributed by atoms with E-state index in [0.717, 1.165) is 29.5 Å². The van der Waals surface area contributed by atoms with Crippen LogP contribution in [0.4, 0.5) is 0 Å². The quantitative estimate of drug-likeness (QED) is 0.848. The molecule has 0 amide bonds. The summed E-state index contributed by atoms with van der Waals surface area (Å²) in [6, 6.07) is 5.75. The van der Waals surface area contributed by atoms with Crippen LogP contribution in [0.5, 0.6) is 0 Å². The number of carboxylic acids is 1. The third kappa shape index (κ3) is 2.86. The zero-order valence-corrected chi connectivity index (χ0v) is 11.5. The van der Waals surface area contributed by atoms with Gasteiger partial charge in [0.15, 0.2) is 5.78 Å². The molecule has 3 heteroatoms. The van der Waals surface area contributed by atoms with Crippen molar-refractivity contribution in [2.75, 3.05) is 0 Å². The SMILES string of the molecule is Cc1cccc(C(=O)C2CCCC(C(=O)O)C2)c1C. The van der Waals surface area contributed by atoms with Gasteiger partial charge in [0.25, 0.3) is 0 Å². The molecule has 1 aromatic carbocycles. The molecule has 19 heavy (non-hydrogen) atoms. The summed E-state index contributed by atoms with van der Waals surface area (Å²) in [5.41, 5.74) is 2.89. The van der Waals surface area contributed by atoms with Gasteiger partial charge in [0, 0.05) is 11.5 Å². The predicted octanol–water partition coefficient (Wildman–Crippen LogP) is 3.38. The molecule has 1 aliphatic carbocycles. The first-order valence-corrected chi connectivity index (χ1v) is 6.84. The minimum Gasteiger partial charge on any atom is -0.481 e. The second kappa shape index (κ2) is 5.55. The van der Waals surface area contributed by atoms with Gasteiger partial charge in [0.1, 0.15) is 0 Å². The Bertz CT molecular complexity index is 505. The van der Waals surface area contributed by atoms with Gasteiger partial charge < -0.3 is 5.11 Å². The normalized spacial score (nSPS) is 23.1. The third-order valence-corrected chi connectivity index (χ3v) is 4.26. The van der Waals surface area contributed by atoms with Crippen molar-refractivity contribution >= 4 is 11.8 Å². The van der Waals surface area contributed by atoms with Gasteiger partial charge in [-0.05, 0) is 44.2 Å². The van der Waals surface area contributed by atoms with Crippen molar-refractivity contribution in [1.29, 1.82) is 0 Å². The van der Waals surface area contributed by atoms with Crippen molar-refractivity contribution in [3.63, 3.8) is 0 Å². The van der Waals surface area contributed by atoms with E-state index in [4.69, 9.17) is 5.11 Å². The maximum absolute atomic E-state index is 12.5. The van der Waals surface area contributed by atoms with Crippen LogP contribution >= 0.6 is 0 Å². The first kappa shape index (κ1) is 13.8. The van der Waals surface area contributed by atoms with Crippen LogP contribution in [0, 0.1) is 25.7 Å². The number of carbonyl (C=O) groups is 2. The lowest BCUT2D eigenvalue weighted by atomic mass is 9.77. The molecule has 1 N–H and O–H groups in total. The van der Waals surface area contributed by atoms with E-state index in [-0.39, 0.29) is 17.6 Å². The Labute approximate surface area is 113 Å². The molecular weight excluding hydrogens is 240 g/mol. The highest BCUT2D eigenvalue weighted by Crippen LogP contribution is 2.32. The van der Waals surface area contributed by atoms with Crippen LogP contribution < -0.4 is 0 Å². The molecule has 2 atom stereocenters. The summed E-state index contributed by atoms with van der Waals surface area (Å²) < 4.78 is 0. The number of hydrogen-bond acceptors (Lipinski definition) is 2. The summed E-state index contributed by atoms with van der Waals surface area (Å²) in [5.74, 6) is -1.13. The Morgan fingerprint density at radius 1 is 1.16 bits per heavy atom. The number of Topliss-reactive ketones (excluding diaryl/α,β-unsaturated/α-hetero) is 1. The van der Waals surface area contributed by atoms with Gasteiger partial charge in [-0.2, -0.15) is 0 Å². The minimum atomic E-state index is -0.765. The van der Waals surface area contributed by atoms with Crippen LogP contribution in [-0.4, -0.2) is 16.9 Å². The molecule has 2 rings (SSSR count). The van der Waals surface area contributed by atoms with E-state index in [1.807, 2.05) is 32.0 Å². The van der Waals surface area contributed by atoms with Gasteiger partial charge in [-0.15, -0.1) is 0 Å². The second-order valence-corrected chi connectivity index (χ2v) is 5.51. The predicted molar refractivity (Wildman–Crippen MR) is 73.3 cm³/mol. The van der Waals surface area contributed by atoms with E-state index in [1.54, 1.807) is 0 Å². The number of aryl methyl sites for hydroxylation is 1. The van der Waals surface area contributed by atoms with Gasteiger partial charge >= 0.3 is 5.97 Å². The second-order valence-electron chi connectivity index (χ2n) is 5.51. The van der Waals surface area contributed by atoms with E-state index in [1.165, 1.54) is 0 Å². The van der Waals surface area contributed by atoms with Gasteiger partial charge in [-0.25, -0.2) is 0 Å². The first-order chi connectivity index (χ1) is 9.00. The lowest BCUT2D eigenvalue weighted by molar-refractivity contribution is -0.143. The number of ketones is 1. The highest BCUT2D eigenvalue weighted by atomic mass is 16.4.